The van der Waals surface area contributed by atoms with Crippen LogP contribution in [0.5, 0.6) is 5.75 Å². The first kappa shape index (κ1) is 17.7. The van der Waals surface area contributed by atoms with Crippen molar-refractivity contribution in [2.75, 3.05) is 12.4 Å². The number of rotatable bonds is 6. The van der Waals surface area contributed by atoms with Crippen LogP contribution in [0.4, 0.5) is 5.69 Å². The van der Waals surface area contributed by atoms with E-state index in [9.17, 15) is 4.79 Å². The molecule has 1 N–H and O–H groups in total. The fourth-order valence-corrected chi connectivity index (χ4v) is 2.63. The van der Waals surface area contributed by atoms with Gasteiger partial charge in [-0.1, -0.05) is 43.3 Å². The zero-order valence-electron chi connectivity index (χ0n) is 15.2. The summed E-state index contributed by atoms with van der Waals surface area (Å²) in [5.74, 6) is 1.67. The van der Waals surface area contributed by atoms with Crippen molar-refractivity contribution in [3.8, 4) is 17.1 Å². The Balaban J connectivity index is 1.64. The summed E-state index contributed by atoms with van der Waals surface area (Å²) in [6.45, 7) is 4.27. The Morgan fingerprint density at radius 3 is 2.62 bits per heavy atom. The number of ether oxygens (including phenoxy) is 1. The largest absolute Gasteiger partial charge is 0.497 e. The minimum Gasteiger partial charge on any atom is -0.497 e. The Hall–Kier alpha value is -3.08. The third-order valence-electron chi connectivity index (χ3n) is 4.12. The van der Waals surface area contributed by atoms with Crippen molar-refractivity contribution < 1.29 is 14.1 Å². The van der Waals surface area contributed by atoms with Crippen molar-refractivity contribution in [1.82, 2.24) is 5.16 Å². The quantitative estimate of drug-likeness (QED) is 0.702. The van der Waals surface area contributed by atoms with Crippen LogP contribution < -0.4 is 10.1 Å². The molecule has 3 aromatic rings. The molecule has 1 aromatic heterocycles. The molecule has 1 heterocycles. The predicted octanol–water partition coefficient (Wildman–Crippen LogP) is 4.65. The number of nitrogens with zero attached hydrogens (tertiary/aromatic N) is 1. The van der Waals surface area contributed by atoms with Gasteiger partial charge in [-0.05, 0) is 35.7 Å². The van der Waals surface area contributed by atoms with Gasteiger partial charge < -0.3 is 14.6 Å². The fraction of sp³-hybridized carbons (Fsp3) is 0.238. The maximum absolute atomic E-state index is 12.2. The van der Waals surface area contributed by atoms with Crippen LogP contribution in [-0.2, 0) is 11.2 Å². The van der Waals surface area contributed by atoms with Crippen LogP contribution >= 0.6 is 0 Å². The summed E-state index contributed by atoms with van der Waals surface area (Å²) >= 11 is 0. The molecule has 5 heteroatoms. The van der Waals surface area contributed by atoms with Gasteiger partial charge in [0.25, 0.3) is 0 Å². The van der Waals surface area contributed by atoms with Gasteiger partial charge in [-0.15, -0.1) is 0 Å². The Kier molecular flexibility index (Phi) is 5.37. The average Bonchev–Trinajstić information content (AvgIpc) is 3.10. The Morgan fingerprint density at radius 2 is 1.92 bits per heavy atom. The van der Waals surface area contributed by atoms with E-state index in [1.54, 1.807) is 13.2 Å². The molecule has 0 fully saturated rings. The molecule has 0 spiro atoms. The molecule has 0 aliphatic rings. The Bertz CT molecular complexity index is 882. The van der Waals surface area contributed by atoms with Crippen molar-refractivity contribution in [1.29, 1.82) is 0 Å². The number of anilines is 1. The smallest absolute Gasteiger partial charge is 0.230 e. The molecule has 5 nitrogen and oxygen atoms in total. The zero-order valence-corrected chi connectivity index (χ0v) is 15.2. The number of hydrogen-bond donors (Lipinski definition) is 1. The van der Waals surface area contributed by atoms with E-state index >= 15 is 0 Å². The van der Waals surface area contributed by atoms with Crippen LogP contribution in [0.15, 0.2) is 59.1 Å². The van der Waals surface area contributed by atoms with Gasteiger partial charge >= 0.3 is 0 Å². The number of carbonyl (C=O) groups is 1. The molecule has 0 radical (unpaired) electrons. The minimum atomic E-state index is -0.132. The summed E-state index contributed by atoms with van der Waals surface area (Å²) in [6, 6.07) is 17.2. The number of amides is 1. The first-order valence-corrected chi connectivity index (χ1v) is 8.55. The Morgan fingerprint density at radius 1 is 1.15 bits per heavy atom. The molecule has 0 bridgehead atoms. The third-order valence-corrected chi connectivity index (χ3v) is 4.12. The summed E-state index contributed by atoms with van der Waals surface area (Å²) in [6.07, 6.45) is 0.152. The highest BCUT2D eigenvalue weighted by atomic mass is 16.5. The molecular formula is C21H22N2O3. The van der Waals surface area contributed by atoms with Crippen LogP contribution in [-0.4, -0.2) is 18.2 Å². The number of aromatic nitrogens is 1. The van der Waals surface area contributed by atoms with Crippen molar-refractivity contribution >= 4 is 11.6 Å². The van der Waals surface area contributed by atoms with Crippen molar-refractivity contribution in [2.24, 2.45) is 0 Å². The summed E-state index contributed by atoms with van der Waals surface area (Å²) in [5, 5.41) is 6.87. The van der Waals surface area contributed by atoms with Gasteiger partial charge in [-0.3, -0.25) is 4.79 Å². The molecule has 0 saturated carbocycles. The summed E-state index contributed by atoms with van der Waals surface area (Å²) in [4.78, 5) is 12.2. The number of carbonyl (C=O) groups excluding carboxylic acids is 1. The number of methoxy groups -OCH3 is 1. The number of nitrogens with one attached hydrogen (secondary N) is 1. The summed E-state index contributed by atoms with van der Waals surface area (Å²) in [5.41, 5.74) is 3.45. The molecule has 1 amide bonds. The molecule has 0 saturated heterocycles. The van der Waals surface area contributed by atoms with Gasteiger partial charge in [0.05, 0.1) is 19.2 Å². The average molecular weight is 350 g/mol. The summed E-state index contributed by atoms with van der Waals surface area (Å²) < 4.78 is 10.6. The second-order valence-electron chi connectivity index (χ2n) is 6.42. The minimum absolute atomic E-state index is 0.132. The van der Waals surface area contributed by atoms with Crippen LogP contribution in [0.2, 0.25) is 0 Å². The van der Waals surface area contributed by atoms with Crippen molar-refractivity contribution in [3.05, 3.63) is 65.9 Å². The maximum Gasteiger partial charge on any atom is 0.230 e. The second kappa shape index (κ2) is 7.87. The lowest BCUT2D eigenvalue weighted by atomic mass is 10.0. The fourth-order valence-electron chi connectivity index (χ4n) is 2.63. The van der Waals surface area contributed by atoms with Crippen LogP contribution in [0.1, 0.15) is 31.0 Å². The Labute approximate surface area is 153 Å². The van der Waals surface area contributed by atoms with Gasteiger partial charge in [0, 0.05) is 17.3 Å². The number of benzene rings is 2. The molecule has 3 rings (SSSR count). The molecule has 134 valence electrons. The SMILES string of the molecule is COc1cccc(-c2cc(CC(=O)Nc3ccc(C(C)C)cc3)no2)c1. The van der Waals surface area contributed by atoms with E-state index in [-0.39, 0.29) is 12.3 Å². The van der Waals surface area contributed by atoms with Crippen LogP contribution in [0, 0.1) is 0 Å². The van der Waals surface area contributed by atoms with Gasteiger partial charge in [-0.2, -0.15) is 0 Å². The molecule has 0 unspecified atom stereocenters. The van der Waals surface area contributed by atoms with Crippen molar-refractivity contribution in [2.45, 2.75) is 26.2 Å². The van der Waals surface area contributed by atoms with Crippen LogP contribution in [0.25, 0.3) is 11.3 Å². The molecule has 0 aliphatic heterocycles. The third kappa shape index (κ3) is 4.30. The van der Waals surface area contributed by atoms with Gasteiger partial charge in [-0.25, -0.2) is 0 Å². The van der Waals surface area contributed by atoms with E-state index in [1.165, 1.54) is 5.56 Å². The first-order valence-electron chi connectivity index (χ1n) is 8.55. The maximum atomic E-state index is 12.2. The van der Waals surface area contributed by atoms with E-state index in [1.807, 2.05) is 48.5 Å². The lowest BCUT2D eigenvalue weighted by Crippen LogP contribution is -2.14. The van der Waals surface area contributed by atoms with E-state index in [2.05, 4.69) is 24.3 Å². The lowest BCUT2D eigenvalue weighted by molar-refractivity contribution is -0.115. The molecule has 0 aliphatic carbocycles. The zero-order chi connectivity index (χ0) is 18.5. The molecule has 0 atom stereocenters. The standard InChI is InChI=1S/C21H22N2O3/c1-14(2)15-7-9-17(10-8-15)22-21(24)13-18-12-20(26-23-18)16-5-4-6-19(11-16)25-3/h4-12,14H,13H2,1-3H3,(H,22,24). The molecule has 2 aromatic carbocycles. The topological polar surface area (TPSA) is 64.4 Å². The monoisotopic (exact) mass is 350 g/mol. The normalized spacial score (nSPS) is 10.8. The first-order chi connectivity index (χ1) is 12.5. The second-order valence-corrected chi connectivity index (χ2v) is 6.42. The van der Waals surface area contributed by atoms with Gasteiger partial charge in [0.15, 0.2) is 5.76 Å². The van der Waals surface area contributed by atoms with E-state index < -0.39 is 0 Å². The number of hydrogen-bond acceptors (Lipinski definition) is 4. The van der Waals surface area contributed by atoms with E-state index in [0.29, 0.717) is 17.4 Å². The predicted molar refractivity (Wildman–Crippen MR) is 101 cm³/mol. The van der Waals surface area contributed by atoms with Gasteiger partial charge in [0.1, 0.15) is 5.75 Å². The summed E-state index contributed by atoms with van der Waals surface area (Å²) in [7, 11) is 1.61. The lowest BCUT2D eigenvalue weighted by Gasteiger charge is -2.07. The highest BCUT2D eigenvalue weighted by molar-refractivity contribution is 5.92. The van der Waals surface area contributed by atoms with Gasteiger partial charge in [0.2, 0.25) is 5.91 Å². The molecule has 26 heavy (non-hydrogen) atoms. The van der Waals surface area contributed by atoms with E-state index in [4.69, 9.17) is 9.26 Å². The highest BCUT2D eigenvalue weighted by Crippen LogP contribution is 2.24. The highest BCUT2D eigenvalue weighted by Gasteiger charge is 2.12. The van der Waals surface area contributed by atoms with Crippen LogP contribution in [0.3, 0.4) is 0 Å². The van der Waals surface area contributed by atoms with E-state index in [0.717, 1.165) is 17.0 Å². The van der Waals surface area contributed by atoms with Crippen molar-refractivity contribution in [3.63, 3.8) is 0 Å². The molecular weight excluding hydrogens is 328 g/mol.